The number of carboxylic acids is 1. The molecule has 24 heavy (non-hydrogen) atoms. The van der Waals surface area contributed by atoms with Gasteiger partial charge in [-0.05, 0) is 36.4 Å². The maximum Gasteiger partial charge on any atom is 0.335 e. The van der Waals surface area contributed by atoms with E-state index in [4.69, 9.17) is 14.6 Å². The number of rotatable bonds is 5. The van der Waals surface area contributed by atoms with Crippen LogP contribution in [0.4, 0.5) is 5.69 Å². The molecule has 0 radical (unpaired) electrons. The third kappa shape index (κ3) is 3.56. The van der Waals surface area contributed by atoms with Gasteiger partial charge in [0.1, 0.15) is 0 Å². The van der Waals surface area contributed by atoms with E-state index in [-0.39, 0.29) is 10.5 Å². The van der Waals surface area contributed by atoms with Crippen LogP contribution in [0.25, 0.3) is 0 Å². The van der Waals surface area contributed by atoms with Gasteiger partial charge in [0.15, 0.2) is 6.29 Å². The second-order valence-corrected chi connectivity index (χ2v) is 6.81. The third-order valence-corrected chi connectivity index (χ3v) is 4.87. The normalized spacial score (nSPS) is 15.3. The second-order valence-electron chi connectivity index (χ2n) is 5.13. The van der Waals surface area contributed by atoms with Crippen molar-refractivity contribution in [2.45, 2.75) is 11.2 Å². The van der Waals surface area contributed by atoms with Crippen molar-refractivity contribution < 1.29 is 27.8 Å². The zero-order valence-corrected chi connectivity index (χ0v) is 13.3. The summed E-state index contributed by atoms with van der Waals surface area (Å²) in [6.07, 6.45) is -0.417. The topological polar surface area (TPSA) is 102 Å². The largest absolute Gasteiger partial charge is 0.478 e. The van der Waals surface area contributed by atoms with Crippen LogP contribution in [0.3, 0.4) is 0 Å². The van der Waals surface area contributed by atoms with Crippen molar-refractivity contribution in [1.82, 2.24) is 0 Å². The Labute approximate surface area is 138 Å². The highest BCUT2D eigenvalue weighted by molar-refractivity contribution is 7.92. The Morgan fingerprint density at radius 3 is 2.12 bits per heavy atom. The molecule has 1 fully saturated rings. The van der Waals surface area contributed by atoms with Crippen molar-refractivity contribution in [1.29, 1.82) is 0 Å². The van der Waals surface area contributed by atoms with Crippen LogP contribution in [0, 0.1) is 0 Å². The number of ether oxygens (including phenoxy) is 2. The minimum Gasteiger partial charge on any atom is -0.478 e. The average Bonchev–Trinajstić information content (AvgIpc) is 3.10. The molecule has 3 rings (SSSR count). The van der Waals surface area contributed by atoms with Gasteiger partial charge in [-0.25, -0.2) is 13.2 Å². The van der Waals surface area contributed by atoms with Crippen molar-refractivity contribution in [3.05, 3.63) is 59.7 Å². The Bertz CT molecular complexity index is 824. The number of carboxylic acid groups (broad SMARTS) is 1. The van der Waals surface area contributed by atoms with Gasteiger partial charge in [0.05, 0.1) is 23.7 Å². The average molecular weight is 349 g/mol. The number of hydrogen-bond donors (Lipinski definition) is 2. The highest BCUT2D eigenvalue weighted by atomic mass is 32.2. The molecule has 0 unspecified atom stereocenters. The lowest BCUT2D eigenvalue weighted by Gasteiger charge is -2.11. The summed E-state index contributed by atoms with van der Waals surface area (Å²) in [7, 11) is -3.79. The fraction of sp³-hybridized carbons (Fsp3) is 0.188. The maximum absolute atomic E-state index is 12.3. The van der Waals surface area contributed by atoms with Gasteiger partial charge in [0.25, 0.3) is 10.0 Å². The Morgan fingerprint density at radius 2 is 1.58 bits per heavy atom. The van der Waals surface area contributed by atoms with Crippen LogP contribution in [0.5, 0.6) is 0 Å². The zero-order valence-electron chi connectivity index (χ0n) is 12.5. The van der Waals surface area contributed by atoms with Crippen molar-refractivity contribution in [2.75, 3.05) is 17.9 Å². The van der Waals surface area contributed by atoms with E-state index in [9.17, 15) is 13.2 Å². The number of hydrogen-bond acceptors (Lipinski definition) is 5. The lowest BCUT2D eigenvalue weighted by molar-refractivity contribution is -0.0441. The Balaban J connectivity index is 1.75. The summed E-state index contributed by atoms with van der Waals surface area (Å²) in [4.78, 5) is 10.8. The summed E-state index contributed by atoms with van der Waals surface area (Å²) >= 11 is 0. The molecule has 2 N–H and O–H groups in total. The summed E-state index contributed by atoms with van der Waals surface area (Å²) in [6.45, 7) is 1.07. The Hall–Kier alpha value is -2.42. The van der Waals surface area contributed by atoms with Crippen LogP contribution in [-0.4, -0.2) is 32.7 Å². The van der Waals surface area contributed by atoms with Gasteiger partial charge in [0, 0.05) is 11.3 Å². The molecule has 1 aliphatic rings. The first-order chi connectivity index (χ1) is 11.5. The van der Waals surface area contributed by atoms with Crippen molar-refractivity contribution in [2.24, 2.45) is 0 Å². The van der Waals surface area contributed by atoms with Gasteiger partial charge >= 0.3 is 5.97 Å². The van der Waals surface area contributed by atoms with E-state index in [0.717, 1.165) is 5.56 Å². The molecule has 8 heteroatoms. The molecule has 1 saturated heterocycles. The van der Waals surface area contributed by atoms with Crippen LogP contribution in [0.2, 0.25) is 0 Å². The Kier molecular flexibility index (Phi) is 4.52. The van der Waals surface area contributed by atoms with E-state index in [0.29, 0.717) is 18.9 Å². The number of nitrogens with one attached hydrogen (secondary N) is 1. The number of sulfonamides is 1. The molecule has 2 aromatic rings. The SMILES string of the molecule is O=C(O)c1ccc(S(=O)(=O)Nc2ccc(C3OCCO3)cc2)cc1. The molecule has 0 aliphatic carbocycles. The van der Waals surface area contributed by atoms with E-state index in [1.807, 2.05) is 0 Å². The van der Waals surface area contributed by atoms with E-state index in [2.05, 4.69) is 4.72 Å². The van der Waals surface area contributed by atoms with Gasteiger partial charge in [-0.2, -0.15) is 0 Å². The first-order valence-electron chi connectivity index (χ1n) is 7.15. The monoisotopic (exact) mass is 349 g/mol. The fourth-order valence-electron chi connectivity index (χ4n) is 2.25. The van der Waals surface area contributed by atoms with E-state index in [1.54, 1.807) is 24.3 Å². The Morgan fingerprint density at radius 1 is 1.00 bits per heavy atom. The summed E-state index contributed by atoms with van der Waals surface area (Å²) in [5.41, 5.74) is 1.22. The van der Waals surface area contributed by atoms with Crippen molar-refractivity contribution in [3.8, 4) is 0 Å². The van der Waals surface area contributed by atoms with Crippen LogP contribution in [0.1, 0.15) is 22.2 Å². The summed E-state index contributed by atoms with van der Waals surface area (Å²) in [6, 6.07) is 11.7. The predicted octanol–water partition coefficient (Wildman–Crippen LogP) is 2.23. The van der Waals surface area contributed by atoms with Crippen LogP contribution in [0.15, 0.2) is 53.4 Å². The summed E-state index contributed by atoms with van der Waals surface area (Å²) in [5.74, 6) is -1.11. The van der Waals surface area contributed by atoms with Gasteiger partial charge < -0.3 is 14.6 Å². The van der Waals surface area contributed by atoms with Crippen LogP contribution >= 0.6 is 0 Å². The van der Waals surface area contributed by atoms with Gasteiger partial charge in [-0.3, -0.25) is 4.72 Å². The standard InChI is InChI=1S/C16H15NO6S/c18-15(19)11-3-7-14(8-4-11)24(20,21)17-13-5-1-12(2-6-13)16-22-9-10-23-16/h1-8,16-17H,9-10H2,(H,18,19). The number of benzene rings is 2. The van der Waals surface area contributed by atoms with Gasteiger partial charge in [-0.15, -0.1) is 0 Å². The molecule has 1 heterocycles. The fourth-order valence-corrected chi connectivity index (χ4v) is 3.31. The second kappa shape index (κ2) is 6.60. The summed E-state index contributed by atoms with van der Waals surface area (Å²) < 4.78 is 37.8. The van der Waals surface area contributed by atoms with Gasteiger partial charge in [-0.1, -0.05) is 12.1 Å². The molecule has 0 saturated carbocycles. The van der Waals surface area contributed by atoms with Gasteiger partial charge in [0.2, 0.25) is 0 Å². The quantitative estimate of drug-likeness (QED) is 0.858. The molecule has 0 spiro atoms. The molecule has 0 amide bonds. The lowest BCUT2D eigenvalue weighted by atomic mass is 10.2. The van der Waals surface area contributed by atoms with E-state index < -0.39 is 22.3 Å². The predicted molar refractivity (Wildman–Crippen MR) is 85.3 cm³/mol. The summed E-state index contributed by atoms with van der Waals surface area (Å²) in [5, 5.41) is 8.84. The third-order valence-electron chi connectivity index (χ3n) is 3.47. The molecule has 2 aromatic carbocycles. The minimum absolute atomic E-state index is 0.0148. The molecular weight excluding hydrogens is 334 g/mol. The van der Waals surface area contributed by atoms with Crippen LogP contribution in [-0.2, 0) is 19.5 Å². The van der Waals surface area contributed by atoms with E-state index in [1.165, 1.54) is 24.3 Å². The molecule has 7 nitrogen and oxygen atoms in total. The van der Waals surface area contributed by atoms with Crippen molar-refractivity contribution >= 4 is 21.7 Å². The zero-order chi connectivity index (χ0) is 17.2. The highest BCUT2D eigenvalue weighted by Crippen LogP contribution is 2.25. The number of anilines is 1. The smallest absolute Gasteiger partial charge is 0.335 e. The van der Waals surface area contributed by atoms with E-state index >= 15 is 0 Å². The molecule has 0 atom stereocenters. The minimum atomic E-state index is -3.79. The molecular formula is C16H15NO6S. The highest BCUT2D eigenvalue weighted by Gasteiger charge is 2.19. The molecule has 0 bridgehead atoms. The maximum atomic E-state index is 12.3. The van der Waals surface area contributed by atoms with Crippen molar-refractivity contribution in [3.63, 3.8) is 0 Å². The van der Waals surface area contributed by atoms with Crippen LogP contribution < -0.4 is 4.72 Å². The molecule has 126 valence electrons. The molecule has 0 aromatic heterocycles. The first-order valence-corrected chi connectivity index (χ1v) is 8.63. The number of aromatic carboxylic acids is 1. The first kappa shape index (κ1) is 16.4. The number of carbonyl (C=O) groups is 1. The molecule has 1 aliphatic heterocycles. The lowest BCUT2D eigenvalue weighted by Crippen LogP contribution is -2.13.